The van der Waals surface area contributed by atoms with Gasteiger partial charge in [-0.3, -0.25) is 9.59 Å². The normalized spacial score (nSPS) is 10.7. The Hall–Kier alpha value is -2.14. The topological polar surface area (TPSA) is 92.4 Å². The van der Waals surface area contributed by atoms with Crippen LogP contribution in [0.4, 0.5) is 0 Å². The second-order valence-corrected chi connectivity index (χ2v) is 4.37. The standard InChI is InChI=1S/C15H20N2O3/c16-14(19)8-3-1-2-5-12-6-4-7-13(11-12)15(20)17-9-10-18/h2,4-7,11,18H,1,3,8-10H2,(H2,16,19)(H,17,20). The summed E-state index contributed by atoms with van der Waals surface area (Å²) in [6.45, 7) is 0.164. The number of hydrogen-bond donors (Lipinski definition) is 3. The minimum atomic E-state index is -0.291. The van der Waals surface area contributed by atoms with E-state index in [1.165, 1.54) is 0 Å². The molecule has 0 radical (unpaired) electrons. The van der Waals surface area contributed by atoms with Gasteiger partial charge in [0.2, 0.25) is 5.91 Å². The fourth-order valence-corrected chi connectivity index (χ4v) is 1.67. The van der Waals surface area contributed by atoms with Crippen molar-refractivity contribution >= 4 is 17.9 Å². The van der Waals surface area contributed by atoms with Crippen molar-refractivity contribution in [2.75, 3.05) is 13.2 Å². The van der Waals surface area contributed by atoms with Crippen LogP contribution in [0.15, 0.2) is 30.3 Å². The summed E-state index contributed by atoms with van der Waals surface area (Å²) in [5.41, 5.74) is 6.52. The Labute approximate surface area is 118 Å². The SMILES string of the molecule is NC(=O)CCCC=Cc1cccc(C(=O)NCCO)c1. The first-order chi connectivity index (χ1) is 9.63. The second-order valence-electron chi connectivity index (χ2n) is 4.37. The van der Waals surface area contributed by atoms with Crippen LogP contribution in [0, 0.1) is 0 Å². The Morgan fingerprint density at radius 1 is 1.35 bits per heavy atom. The molecule has 4 N–H and O–H groups in total. The number of rotatable bonds is 8. The highest BCUT2D eigenvalue weighted by molar-refractivity contribution is 5.94. The summed E-state index contributed by atoms with van der Waals surface area (Å²) < 4.78 is 0. The monoisotopic (exact) mass is 276 g/mol. The van der Waals surface area contributed by atoms with E-state index in [9.17, 15) is 9.59 Å². The van der Waals surface area contributed by atoms with Crippen LogP contribution in [0.3, 0.4) is 0 Å². The van der Waals surface area contributed by atoms with Crippen molar-refractivity contribution in [1.29, 1.82) is 0 Å². The summed E-state index contributed by atoms with van der Waals surface area (Å²) in [5, 5.41) is 11.3. The van der Waals surface area contributed by atoms with Gasteiger partial charge in [-0.2, -0.15) is 0 Å². The molecule has 20 heavy (non-hydrogen) atoms. The van der Waals surface area contributed by atoms with E-state index in [-0.39, 0.29) is 25.0 Å². The van der Waals surface area contributed by atoms with Crippen molar-refractivity contribution in [2.45, 2.75) is 19.3 Å². The molecule has 1 aromatic carbocycles. The summed E-state index contributed by atoms with van der Waals surface area (Å²) in [6, 6.07) is 7.19. The molecular weight excluding hydrogens is 256 g/mol. The molecule has 0 unspecified atom stereocenters. The molecule has 5 nitrogen and oxygen atoms in total. The molecule has 0 aromatic heterocycles. The maximum atomic E-state index is 11.7. The van der Waals surface area contributed by atoms with E-state index in [4.69, 9.17) is 10.8 Å². The number of carbonyl (C=O) groups excluding carboxylic acids is 2. The number of aliphatic hydroxyl groups is 1. The van der Waals surface area contributed by atoms with E-state index >= 15 is 0 Å². The highest BCUT2D eigenvalue weighted by Crippen LogP contribution is 2.08. The number of nitrogens with one attached hydrogen (secondary N) is 1. The minimum Gasteiger partial charge on any atom is -0.395 e. The zero-order chi connectivity index (χ0) is 14.8. The van der Waals surface area contributed by atoms with E-state index in [0.29, 0.717) is 12.0 Å². The van der Waals surface area contributed by atoms with Gasteiger partial charge < -0.3 is 16.2 Å². The highest BCUT2D eigenvalue weighted by atomic mass is 16.3. The van der Waals surface area contributed by atoms with Crippen LogP contribution in [0.25, 0.3) is 6.08 Å². The number of hydrogen-bond acceptors (Lipinski definition) is 3. The zero-order valence-corrected chi connectivity index (χ0v) is 11.3. The lowest BCUT2D eigenvalue weighted by Crippen LogP contribution is -2.26. The first kappa shape index (κ1) is 15.9. The summed E-state index contributed by atoms with van der Waals surface area (Å²) in [4.78, 5) is 22.3. The molecule has 0 aliphatic carbocycles. The average Bonchev–Trinajstić information content (AvgIpc) is 2.44. The maximum absolute atomic E-state index is 11.7. The van der Waals surface area contributed by atoms with Crippen LogP contribution in [-0.2, 0) is 4.79 Å². The number of allylic oxidation sites excluding steroid dienone is 1. The van der Waals surface area contributed by atoms with Crippen LogP contribution in [0.2, 0.25) is 0 Å². The third-order valence-electron chi connectivity index (χ3n) is 2.65. The molecular formula is C15H20N2O3. The second kappa shape index (κ2) is 8.87. The number of nitrogens with two attached hydrogens (primary N) is 1. The highest BCUT2D eigenvalue weighted by Gasteiger charge is 2.03. The largest absolute Gasteiger partial charge is 0.395 e. The number of aliphatic hydroxyl groups excluding tert-OH is 1. The predicted molar refractivity (Wildman–Crippen MR) is 77.9 cm³/mol. The van der Waals surface area contributed by atoms with Crippen molar-refractivity contribution in [2.24, 2.45) is 5.73 Å². The lowest BCUT2D eigenvalue weighted by molar-refractivity contribution is -0.118. The van der Waals surface area contributed by atoms with E-state index < -0.39 is 0 Å². The van der Waals surface area contributed by atoms with Crippen LogP contribution in [0.1, 0.15) is 35.2 Å². The average molecular weight is 276 g/mol. The van der Waals surface area contributed by atoms with Gasteiger partial charge in [-0.1, -0.05) is 24.3 Å². The lowest BCUT2D eigenvalue weighted by atomic mass is 10.1. The van der Waals surface area contributed by atoms with Gasteiger partial charge >= 0.3 is 0 Å². The van der Waals surface area contributed by atoms with E-state index in [1.54, 1.807) is 18.2 Å². The van der Waals surface area contributed by atoms with Crippen LogP contribution < -0.4 is 11.1 Å². The molecule has 108 valence electrons. The van der Waals surface area contributed by atoms with Crippen LogP contribution in [-0.4, -0.2) is 30.1 Å². The summed E-state index contributed by atoms with van der Waals surface area (Å²) >= 11 is 0. The van der Waals surface area contributed by atoms with E-state index in [1.807, 2.05) is 18.2 Å². The minimum absolute atomic E-state index is 0.0782. The lowest BCUT2D eigenvalue weighted by Gasteiger charge is -2.03. The fourth-order valence-electron chi connectivity index (χ4n) is 1.67. The van der Waals surface area contributed by atoms with Gasteiger partial charge in [0.15, 0.2) is 0 Å². The van der Waals surface area contributed by atoms with E-state index in [2.05, 4.69) is 5.32 Å². The third kappa shape index (κ3) is 6.15. The smallest absolute Gasteiger partial charge is 0.251 e. The number of amides is 2. The number of benzene rings is 1. The molecule has 5 heteroatoms. The molecule has 0 fully saturated rings. The molecule has 1 aromatic rings. The molecule has 2 amide bonds. The molecule has 0 aliphatic rings. The Morgan fingerprint density at radius 2 is 2.15 bits per heavy atom. The molecule has 0 saturated heterocycles. The van der Waals surface area contributed by atoms with Gasteiger partial charge in [0, 0.05) is 18.5 Å². The van der Waals surface area contributed by atoms with Crippen molar-refractivity contribution in [3.05, 3.63) is 41.5 Å². The molecule has 0 atom stereocenters. The van der Waals surface area contributed by atoms with Gasteiger partial charge in [-0.15, -0.1) is 0 Å². The van der Waals surface area contributed by atoms with E-state index in [0.717, 1.165) is 18.4 Å². The van der Waals surface area contributed by atoms with Gasteiger partial charge in [0.1, 0.15) is 0 Å². The quantitative estimate of drug-likeness (QED) is 0.620. The first-order valence-electron chi connectivity index (χ1n) is 6.57. The summed E-state index contributed by atoms with van der Waals surface area (Å²) in [5.74, 6) is -0.496. The van der Waals surface area contributed by atoms with Crippen LogP contribution in [0.5, 0.6) is 0 Å². The molecule has 0 bridgehead atoms. The van der Waals surface area contributed by atoms with Gasteiger partial charge in [-0.05, 0) is 30.5 Å². The molecule has 1 rings (SSSR count). The Balaban J connectivity index is 2.52. The molecule has 0 saturated carbocycles. The van der Waals surface area contributed by atoms with Crippen molar-refractivity contribution < 1.29 is 14.7 Å². The third-order valence-corrected chi connectivity index (χ3v) is 2.65. The number of unbranched alkanes of at least 4 members (excludes halogenated alkanes) is 1. The molecule has 0 spiro atoms. The Morgan fingerprint density at radius 3 is 2.85 bits per heavy atom. The van der Waals surface area contributed by atoms with Gasteiger partial charge in [-0.25, -0.2) is 0 Å². The maximum Gasteiger partial charge on any atom is 0.251 e. The number of primary amides is 1. The Bertz CT molecular complexity index is 484. The van der Waals surface area contributed by atoms with Gasteiger partial charge in [0.05, 0.1) is 6.61 Å². The fraction of sp³-hybridized carbons (Fsp3) is 0.333. The van der Waals surface area contributed by atoms with Crippen molar-refractivity contribution in [3.63, 3.8) is 0 Å². The van der Waals surface area contributed by atoms with Crippen LogP contribution >= 0.6 is 0 Å². The van der Waals surface area contributed by atoms with Gasteiger partial charge in [0.25, 0.3) is 5.91 Å². The Kier molecular flexibility index (Phi) is 7.06. The molecule has 0 heterocycles. The first-order valence-corrected chi connectivity index (χ1v) is 6.57. The molecule has 0 aliphatic heterocycles. The number of carbonyl (C=O) groups is 2. The summed E-state index contributed by atoms with van der Waals surface area (Å²) in [7, 11) is 0. The summed E-state index contributed by atoms with van der Waals surface area (Å²) in [6.07, 6.45) is 5.73. The van der Waals surface area contributed by atoms with Crippen molar-refractivity contribution in [3.8, 4) is 0 Å². The van der Waals surface area contributed by atoms with Crippen molar-refractivity contribution in [1.82, 2.24) is 5.32 Å². The zero-order valence-electron chi connectivity index (χ0n) is 11.3. The predicted octanol–water partition coefficient (Wildman–Crippen LogP) is 1.08.